The molecule has 7 nitrogen and oxygen atoms in total. The van der Waals surface area contributed by atoms with Crippen molar-refractivity contribution in [1.82, 2.24) is 15.5 Å². The van der Waals surface area contributed by atoms with Gasteiger partial charge < -0.3 is 24.8 Å². The van der Waals surface area contributed by atoms with Crippen LogP contribution >= 0.6 is 0 Å². The van der Waals surface area contributed by atoms with Gasteiger partial charge in [0.1, 0.15) is 0 Å². The number of guanidine groups is 1. The summed E-state index contributed by atoms with van der Waals surface area (Å²) in [7, 11) is 3.31. The molecule has 28 heavy (non-hydrogen) atoms. The maximum atomic E-state index is 5.53. The summed E-state index contributed by atoms with van der Waals surface area (Å²) in [4.78, 5) is 7.25. The lowest BCUT2D eigenvalue weighted by Gasteiger charge is -2.37. The summed E-state index contributed by atoms with van der Waals surface area (Å²) < 4.78 is 16.2. The highest BCUT2D eigenvalue weighted by Gasteiger charge is 2.23. The molecule has 1 aliphatic rings. The largest absolute Gasteiger partial charge is 0.493 e. The van der Waals surface area contributed by atoms with Crippen LogP contribution in [0.5, 0.6) is 11.5 Å². The topological polar surface area (TPSA) is 67.4 Å². The maximum Gasteiger partial charge on any atom is 0.191 e. The zero-order chi connectivity index (χ0) is 20.4. The Morgan fingerprint density at radius 1 is 1.29 bits per heavy atom. The van der Waals surface area contributed by atoms with Gasteiger partial charge in [0, 0.05) is 31.7 Å². The molecule has 2 rings (SSSR count). The molecule has 2 unspecified atom stereocenters. The van der Waals surface area contributed by atoms with Gasteiger partial charge in [-0.25, -0.2) is 0 Å². The number of nitrogens with one attached hydrogen (secondary N) is 2. The molecule has 1 heterocycles. The van der Waals surface area contributed by atoms with Gasteiger partial charge in [-0.05, 0) is 44.9 Å². The van der Waals surface area contributed by atoms with Crippen LogP contribution in [-0.4, -0.2) is 76.6 Å². The van der Waals surface area contributed by atoms with Crippen molar-refractivity contribution >= 4 is 5.96 Å². The number of rotatable bonds is 9. The summed E-state index contributed by atoms with van der Waals surface area (Å²) in [5, 5.41) is 6.76. The normalized spacial score (nSPS) is 19.2. The summed E-state index contributed by atoms with van der Waals surface area (Å²) in [5.41, 5.74) is 1.19. The van der Waals surface area contributed by atoms with Crippen molar-refractivity contribution in [3.05, 3.63) is 23.8 Å². The number of benzene rings is 1. The predicted molar refractivity (Wildman–Crippen MR) is 114 cm³/mol. The SMILES string of the molecule is CCNC(=NCC(C)N1CCOCC1C)NCCc1ccc(OC)c(OC)c1. The minimum Gasteiger partial charge on any atom is -0.493 e. The van der Waals surface area contributed by atoms with Gasteiger partial charge in [0.2, 0.25) is 0 Å². The average Bonchev–Trinajstić information content (AvgIpc) is 2.71. The molecule has 1 aromatic rings. The number of hydrogen-bond acceptors (Lipinski definition) is 5. The second-order valence-electron chi connectivity index (χ2n) is 7.10. The van der Waals surface area contributed by atoms with E-state index in [0.29, 0.717) is 12.1 Å². The molecule has 1 fully saturated rings. The van der Waals surface area contributed by atoms with Crippen LogP contribution in [-0.2, 0) is 11.2 Å². The summed E-state index contributed by atoms with van der Waals surface area (Å²) >= 11 is 0. The van der Waals surface area contributed by atoms with Gasteiger partial charge in [-0.15, -0.1) is 0 Å². The molecule has 0 spiro atoms. The van der Waals surface area contributed by atoms with Crippen LogP contribution in [0.15, 0.2) is 23.2 Å². The summed E-state index contributed by atoms with van der Waals surface area (Å²) in [6, 6.07) is 6.86. The molecule has 0 amide bonds. The first-order valence-electron chi connectivity index (χ1n) is 10.2. The Morgan fingerprint density at radius 3 is 2.75 bits per heavy atom. The molecule has 2 N–H and O–H groups in total. The zero-order valence-electron chi connectivity index (χ0n) is 18.0. The van der Waals surface area contributed by atoms with Crippen LogP contribution < -0.4 is 20.1 Å². The second-order valence-corrected chi connectivity index (χ2v) is 7.10. The van der Waals surface area contributed by atoms with Crippen LogP contribution in [0.3, 0.4) is 0 Å². The predicted octanol–water partition coefficient (Wildman–Crippen LogP) is 1.91. The highest BCUT2D eigenvalue weighted by molar-refractivity contribution is 5.79. The molecule has 1 saturated heterocycles. The molecule has 0 aliphatic carbocycles. The minimum atomic E-state index is 0.389. The van der Waals surface area contributed by atoms with Gasteiger partial charge in [-0.3, -0.25) is 9.89 Å². The van der Waals surface area contributed by atoms with Crippen molar-refractivity contribution in [3.63, 3.8) is 0 Å². The lowest BCUT2D eigenvalue weighted by atomic mass is 10.1. The van der Waals surface area contributed by atoms with Gasteiger partial charge in [-0.2, -0.15) is 0 Å². The highest BCUT2D eigenvalue weighted by atomic mass is 16.5. The van der Waals surface area contributed by atoms with Crippen LogP contribution in [0.1, 0.15) is 26.3 Å². The average molecular weight is 393 g/mol. The van der Waals surface area contributed by atoms with Crippen molar-refractivity contribution in [2.24, 2.45) is 4.99 Å². The molecule has 1 aromatic carbocycles. The number of morpholine rings is 1. The molecule has 0 aromatic heterocycles. The smallest absolute Gasteiger partial charge is 0.191 e. The third-order valence-corrected chi connectivity index (χ3v) is 5.00. The second kappa shape index (κ2) is 11.8. The van der Waals surface area contributed by atoms with Gasteiger partial charge in [0.05, 0.1) is 34.0 Å². The molecule has 0 radical (unpaired) electrons. The van der Waals surface area contributed by atoms with Crippen molar-refractivity contribution < 1.29 is 14.2 Å². The number of hydrogen-bond donors (Lipinski definition) is 2. The van der Waals surface area contributed by atoms with E-state index in [-0.39, 0.29) is 0 Å². The fraction of sp³-hybridized carbons (Fsp3) is 0.667. The van der Waals surface area contributed by atoms with E-state index in [1.54, 1.807) is 14.2 Å². The van der Waals surface area contributed by atoms with Crippen molar-refractivity contribution in [2.75, 3.05) is 53.6 Å². The van der Waals surface area contributed by atoms with Gasteiger partial charge in [0.25, 0.3) is 0 Å². The number of methoxy groups -OCH3 is 2. The van der Waals surface area contributed by atoms with E-state index >= 15 is 0 Å². The molecule has 1 aliphatic heterocycles. The third-order valence-electron chi connectivity index (χ3n) is 5.00. The number of aliphatic imine (C=N–C) groups is 1. The first-order valence-corrected chi connectivity index (χ1v) is 10.2. The zero-order valence-corrected chi connectivity index (χ0v) is 18.0. The lowest BCUT2D eigenvalue weighted by molar-refractivity contribution is -0.0165. The van der Waals surface area contributed by atoms with Crippen molar-refractivity contribution in [1.29, 1.82) is 0 Å². The van der Waals surface area contributed by atoms with Crippen LogP contribution in [0.4, 0.5) is 0 Å². The summed E-state index contributed by atoms with van der Waals surface area (Å²) in [6.45, 7) is 11.5. The van der Waals surface area contributed by atoms with E-state index < -0.39 is 0 Å². The Balaban J connectivity index is 1.87. The lowest BCUT2D eigenvalue weighted by Crippen LogP contribution is -2.49. The Hall–Kier alpha value is -1.99. The quantitative estimate of drug-likeness (QED) is 0.494. The van der Waals surface area contributed by atoms with Crippen molar-refractivity contribution in [2.45, 2.75) is 39.3 Å². The maximum absolute atomic E-state index is 5.53. The van der Waals surface area contributed by atoms with Crippen LogP contribution in [0.25, 0.3) is 0 Å². The van der Waals surface area contributed by atoms with E-state index in [0.717, 1.165) is 63.3 Å². The van der Waals surface area contributed by atoms with Crippen LogP contribution in [0.2, 0.25) is 0 Å². The Labute approximate surface area is 169 Å². The molecule has 0 bridgehead atoms. The van der Waals surface area contributed by atoms with E-state index in [2.05, 4.69) is 42.4 Å². The van der Waals surface area contributed by atoms with E-state index in [1.807, 2.05) is 12.1 Å². The third kappa shape index (κ3) is 6.56. The fourth-order valence-corrected chi connectivity index (χ4v) is 3.43. The number of ether oxygens (including phenoxy) is 3. The highest BCUT2D eigenvalue weighted by Crippen LogP contribution is 2.27. The molecule has 7 heteroatoms. The minimum absolute atomic E-state index is 0.389. The standard InChI is InChI=1S/C21H36N4O3/c1-6-22-21(24-14-16(2)25-11-12-28-15-17(25)3)23-10-9-18-7-8-19(26-4)20(13-18)27-5/h7-8,13,16-17H,6,9-12,14-15H2,1-5H3,(H2,22,23,24). The Kier molecular flexibility index (Phi) is 9.37. The van der Waals surface area contributed by atoms with E-state index in [4.69, 9.17) is 19.2 Å². The van der Waals surface area contributed by atoms with Crippen molar-refractivity contribution in [3.8, 4) is 11.5 Å². The number of nitrogens with zero attached hydrogens (tertiary/aromatic N) is 2. The molecule has 2 atom stereocenters. The molecular weight excluding hydrogens is 356 g/mol. The van der Waals surface area contributed by atoms with Gasteiger partial charge in [-0.1, -0.05) is 6.07 Å². The Morgan fingerprint density at radius 2 is 2.07 bits per heavy atom. The molecule has 0 saturated carbocycles. The first kappa shape index (κ1) is 22.3. The van der Waals surface area contributed by atoms with E-state index in [9.17, 15) is 0 Å². The molecule has 158 valence electrons. The molecular formula is C21H36N4O3. The van der Waals surface area contributed by atoms with Gasteiger partial charge >= 0.3 is 0 Å². The first-order chi connectivity index (χ1) is 13.6. The summed E-state index contributed by atoms with van der Waals surface area (Å²) in [5.74, 6) is 2.37. The Bertz CT molecular complexity index is 624. The fourth-order valence-electron chi connectivity index (χ4n) is 3.43. The van der Waals surface area contributed by atoms with Crippen LogP contribution in [0, 0.1) is 0 Å². The monoisotopic (exact) mass is 392 g/mol. The van der Waals surface area contributed by atoms with Gasteiger partial charge in [0.15, 0.2) is 17.5 Å². The van der Waals surface area contributed by atoms with E-state index in [1.165, 1.54) is 5.56 Å². The summed E-state index contributed by atoms with van der Waals surface area (Å²) in [6.07, 6.45) is 0.876.